The first-order valence-corrected chi connectivity index (χ1v) is 6.63. The summed E-state index contributed by atoms with van der Waals surface area (Å²) in [5.41, 5.74) is 0. The summed E-state index contributed by atoms with van der Waals surface area (Å²) >= 11 is 0. The van der Waals surface area contributed by atoms with Gasteiger partial charge in [0.2, 0.25) is 0 Å². The highest BCUT2D eigenvalue weighted by Gasteiger charge is 2.25. The highest BCUT2D eigenvalue weighted by atomic mass is 16.5. The molecule has 0 amide bonds. The van der Waals surface area contributed by atoms with Gasteiger partial charge in [0.25, 0.3) is 0 Å². The predicted octanol–water partition coefficient (Wildman–Crippen LogP) is 1.10. The highest BCUT2D eigenvalue weighted by molar-refractivity contribution is 5.00. The predicted molar refractivity (Wildman–Crippen MR) is 64.0 cm³/mol. The van der Waals surface area contributed by atoms with E-state index in [0.717, 1.165) is 39.1 Å². The maximum Gasteiger partial charge on any atom is 0.136 e. The first-order valence-electron chi connectivity index (χ1n) is 6.63. The molecule has 0 bridgehead atoms. The third-order valence-corrected chi connectivity index (χ3v) is 3.85. The van der Waals surface area contributed by atoms with Crippen molar-refractivity contribution in [3.05, 3.63) is 12.2 Å². The Morgan fingerprint density at radius 1 is 1.29 bits per heavy atom. The van der Waals surface area contributed by atoms with Crippen LogP contribution < -0.4 is 5.32 Å². The van der Waals surface area contributed by atoms with Crippen LogP contribution in [0.25, 0.3) is 0 Å². The van der Waals surface area contributed by atoms with Gasteiger partial charge in [-0.25, -0.2) is 0 Å². The summed E-state index contributed by atoms with van der Waals surface area (Å²) in [5.74, 6) is 1.70. The summed E-state index contributed by atoms with van der Waals surface area (Å²) in [7, 11) is 0. The quantitative estimate of drug-likeness (QED) is 0.835. The van der Waals surface area contributed by atoms with Crippen LogP contribution in [0.15, 0.2) is 6.33 Å². The topological polar surface area (TPSA) is 52.0 Å². The van der Waals surface area contributed by atoms with Crippen LogP contribution in [0.5, 0.6) is 0 Å². The van der Waals surface area contributed by atoms with Gasteiger partial charge in [-0.1, -0.05) is 0 Å². The Bertz CT molecular complexity index is 321. The minimum absolute atomic E-state index is 0.535. The van der Waals surface area contributed by atoms with Gasteiger partial charge in [-0.15, -0.1) is 10.2 Å². The van der Waals surface area contributed by atoms with Crippen LogP contribution in [0, 0.1) is 0 Å². The molecule has 0 radical (unpaired) electrons. The average molecular weight is 236 g/mol. The second-order valence-corrected chi connectivity index (χ2v) is 4.98. The van der Waals surface area contributed by atoms with Crippen molar-refractivity contribution >= 4 is 0 Å². The van der Waals surface area contributed by atoms with E-state index in [1.54, 1.807) is 0 Å². The zero-order valence-corrected chi connectivity index (χ0v) is 10.1. The second kappa shape index (κ2) is 5.14. The number of aromatic nitrogens is 3. The molecule has 0 aromatic carbocycles. The minimum atomic E-state index is 0.535. The Labute approximate surface area is 102 Å². The number of ether oxygens (including phenoxy) is 1. The molecule has 17 heavy (non-hydrogen) atoms. The number of piperidine rings is 1. The first-order chi connectivity index (χ1) is 8.45. The Hall–Kier alpha value is -0.940. The second-order valence-electron chi connectivity index (χ2n) is 4.98. The molecular weight excluding hydrogens is 216 g/mol. The van der Waals surface area contributed by atoms with E-state index in [1.807, 2.05) is 6.33 Å². The molecule has 2 aliphatic rings. The molecule has 0 spiro atoms. The van der Waals surface area contributed by atoms with E-state index in [1.165, 1.54) is 18.7 Å². The summed E-state index contributed by atoms with van der Waals surface area (Å²) in [5, 5.41) is 11.9. The van der Waals surface area contributed by atoms with Gasteiger partial charge in [0.1, 0.15) is 12.2 Å². The Morgan fingerprint density at radius 3 is 2.94 bits per heavy atom. The molecule has 0 aliphatic carbocycles. The summed E-state index contributed by atoms with van der Waals surface area (Å²) < 4.78 is 7.71. The van der Waals surface area contributed by atoms with Crippen LogP contribution in [0.1, 0.15) is 43.5 Å². The maximum absolute atomic E-state index is 5.41. The van der Waals surface area contributed by atoms with Crippen molar-refractivity contribution in [2.45, 2.75) is 37.6 Å². The molecule has 94 valence electrons. The van der Waals surface area contributed by atoms with Crippen LogP contribution in [-0.2, 0) is 4.74 Å². The molecule has 1 atom stereocenters. The molecule has 1 aromatic rings. The van der Waals surface area contributed by atoms with Gasteiger partial charge < -0.3 is 14.6 Å². The summed E-state index contributed by atoms with van der Waals surface area (Å²) in [6.45, 7) is 3.92. The Kier molecular flexibility index (Phi) is 3.38. The van der Waals surface area contributed by atoms with Crippen LogP contribution in [0.3, 0.4) is 0 Å². The van der Waals surface area contributed by atoms with Crippen molar-refractivity contribution in [3.63, 3.8) is 0 Å². The van der Waals surface area contributed by atoms with E-state index < -0.39 is 0 Å². The summed E-state index contributed by atoms with van der Waals surface area (Å²) in [6, 6.07) is 0.539. The molecule has 1 N–H and O–H groups in total. The van der Waals surface area contributed by atoms with Gasteiger partial charge in [0, 0.05) is 31.7 Å². The average Bonchev–Trinajstić information content (AvgIpc) is 2.90. The molecule has 2 fully saturated rings. The van der Waals surface area contributed by atoms with Gasteiger partial charge >= 0.3 is 0 Å². The lowest BCUT2D eigenvalue weighted by atomic mass is 9.98. The van der Waals surface area contributed by atoms with Gasteiger partial charge in [-0.3, -0.25) is 0 Å². The summed E-state index contributed by atoms with van der Waals surface area (Å²) in [4.78, 5) is 0. The van der Waals surface area contributed by atoms with Crippen LogP contribution in [0.2, 0.25) is 0 Å². The molecule has 3 rings (SSSR count). The zero-order valence-electron chi connectivity index (χ0n) is 10.1. The third-order valence-electron chi connectivity index (χ3n) is 3.85. The number of hydrogen-bond donors (Lipinski definition) is 1. The molecule has 5 heteroatoms. The van der Waals surface area contributed by atoms with Crippen molar-refractivity contribution in [1.29, 1.82) is 0 Å². The largest absolute Gasteiger partial charge is 0.381 e. The van der Waals surface area contributed by atoms with Gasteiger partial charge in [0.15, 0.2) is 0 Å². The fourth-order valence-electron chi connectivity index (χ4n) is 2.85. The van der Waals surface area contributed by atoms with Crippen molar-refractivity contribution in [3.8, 4) is 0 Å². The van der Waals surface area contributed by atoms with Crippen molar-refractivity contribution in [2.75, 3.05) is 26.3 Å². The van der Waals surface area contributed by atoms with E-state index in [2.05, 4.69) is 20.1 Å². The molecule has 1 unspecified atom stereocenters. The van der Waals surface area contributed by atoms with Gasteiger partial charge in [0.05, 0.1) is 0 Å². The van der Waals surface area contributed by atoms with Crippen LogP contribution >= 0.6 is 0 Å². The van der Waals surface area contributed by atoms with Crippen molar-refractivity contribution < 1.29 is 4.74 Å². The lowest BCUT2D eigenvalue weighted by Crippen LogP contribution is -2.32. The number of hydrogen-bond acceptors (Lipinski definition) is 4. The highest BCUT2D eigenvalue weighted by Crippen LogP contribution is 2.28. The van der Waals surface area contributed by atoms with Gasteiger partial charge in [-0.2, -0.15) is 0 Å². The molecule has 2 aliphatic heterocycles. The Balaban J connectivity index is 1.77. The van der Waals surface area contributed by atoms with E-state index in [4.69, 9.17) is 4.74 Å². The minimum Gasteiger partial charge on any atom is -0.381 e. The lowest BCUT2D eigenvalue weighted by Gasteiger charge is -2.28. The molecule has 0 saturated carbocycles. The third kappa shape index (κ3) is 2.35. The fourth-order valence-corrected chi connectivity index (χ4v) is 2.85. The standard InChI is InChI=1S/C12H20N4O/c1-2-11(8-13-5-1)16-9-14-15-12(16)10-3-6-17-7-4-10/h9-11,13H,1-8H2. The van der Waals surface area contributed by atoms with E-state index in [0.29, 0.717) is 12.0 Å². The van der Waals surface area contributed by atoms with Crippen molar-refractivity contribution in [1.82, 2.24) is 20.1 Å². The molecule has 3 heterocycles. The molecule has 5 nitrogen and oxygen atoms in total. The summed E-state index contributed by atoms with van der Waals surface area (Å²) in [6.07, 6.45) is 6.55. The normalized spacial score (nSPS) is 27.2. The van der Waals surface area contributed by atoms with Crippen molar-refractivity contribution in [2.24, 2.45) is 0 Å². The van der Waals surface area contributed by atoms with E-state index >= 15 is 0 Å². The Morgan fingerprint density at radius 2 is 2.18 bits per heavy atom. The number of rotatable bonds is 2. The number of nitrogens with one attached hydrogen (secondary N) is 1. The smallest absolute Gasteiger partial charge is 0.136 e. The molecular formula is C12H20N4O. The lowest BCUT2D eigenvalue weighted by molar-refractivity contribution is 0.0822. The van der Waals surface area contributed by atoms with E-state index in [9.17, 15) is 0 Å². The SMILES string of the molecule is c1nnc(C2CCOCC2)n1C1CCCNC1. The monoisotopic (exact) mass is 236 g/mol. The zero-order chi connectivity index (χ0) is 11.5. The van der Waals surface area contributed by atoms with E-state index in [-0.39, 0.29) is 0 Å². The van der Waals surface area contributed by atoms with Crippen LogP contribution in [0.4, 0.5) is 0 Å². The molecule has 1 aromatic heterocycles. The fraction of sp³-hybridized carbons (Fsp3) is 0.833. The van der Waals surface area contributed by atoms with Crippen LogP contribution in [-0.4, -0.2) is 41.1 Å². The number of nitrogens with zero attached hydrogens (tertiary/aromatic N) is 3. The molecule has 2 saturated heterocycles. The van der Waals surface area contributed by atoms with Gasteiger partial charge in [-0.05, 0) is 32.2 Å². The maximum atomic E-state index is 5.41. The first kappa shape index (κ1) is 11.2.